The molecule has 0 aromatic carbocycles. The Hall–Kier alpha value is -0.940. The van der Waals surface area contributed by atoms with Crippen LogP contribution < -0.4 is 5.32 Å². The first-order valence-corrected chi connectivity index (χ1v) is 5.35. The number of hydrogen-bond acceptors (Lipinski definition) is 5. The fourth-order valence-electron chi connectivity index (χ4n) is 1.69. The number of nitrogens with zero attached hydrogens (tertiary/aromatic N) is 4. The van der Waals surface area contributed by atoms with E-state index in [1.165, 1.54) is 0 Å². The SMILES string of the molecule is Cc1nc(N[C@@H]2CCN(C)C2)nnc1Cl. The molecule has 0 bridgehead atoms. The number of anilines is 1. The van der Waals surface area contributed by atoms with Crippen molar-refractivity contribution >= 4 is 17.5 Å². The van der Waals surface area contributed by atoms with Crippen molar-refractivity contribution in [3.8, 4) is 0 Å². The summed E-state index contributed by atoms with van der Waals surface area (Å²) in [6.45, 7) is 3.95. The van der Waals surface area contributed by atoms with Gasteiger partial charge in [-0.1, -0.05) is 11.6 Å². The molecule has 0 unspecified atom stereocenters. The first-order valence-electron chi connectivity index (χ1n) is 4.97. The van der Waals surface area contributed by atoms with Gasteiger partial charge in [-0.25, -0.2) is 4.98 Å². The van der Waals surface area contributed by atoms with E-state index < -0.39 is 0 Å². The van der Waals surface area contributed by atoms with Crippen LogP contribution in [0.15, 0.2) is 0 Å². The average Bonchev–Trinajstić information content (AvgIpc) is 2.58. The van der Waals surface area contributed by atoms with Crippen LogP contribution in [0, 0.1) is 6.92 Å². The molecule has 1 aliphatic rings. The van der Waals surface area contributed by atoms with E-state index in [1.807, 2.05) is 6.92 Å². The normalized spacial score (nSPS) is 21.9. The minimum absolute atomic E-state index is 0.365. The number of rotatable bonds is 2. The van der Waals surface area contributed by atoms with Gasteiger partial charge in [0.25, 0.3) is 0 Å². The lowest BCUT2D eigenvalue weighted by Gasteiger charge is -2.12. The van der Waals surface area contributed by atoms with Crippen LogP contribution >= 0.6 is 11.6 Å². The van der Waals surface area contributed by atoms with Crippen LogP contribution in [-0.4, -0.2) is 46.3 Å². The first kappa shape index (κ1) is 10.6. The molecule has 1 aliphatic heterocycles. The van der Waals surface area contributed by atoms with E-state index in [-0.39, 0.29) is 0 Å². The third-order valence-corrected chi connectivity index (χ3v) is 2.88. The molecule has 0 amide bonds. The van der Waals surface area contributed by atoms with E-state index in [0.29, 0.717) is 22.8 Å². The third-order valence-electron chi connectivity index (χ3n) is 2.53. The fourth-order valence-corrected chi connectivity index (χ4v) is 1.77. The standard InChI is InChI=1S/C9H14ClN5/c1-6-8(10)13-14-9(11-6)12-7-3-4-15(2)5-7/h7H,3-5H2,1-2H3,(H,11,12,14)/t7-/m1/s1. The predicted octanol–water partition coefficient (Wildman–Crippen LogP) is 0.949. The summed E-state index contributed by atoms with van der Waals surface area (Å²) in [7, 11) is 2.11. The lowest BCUT2D eigenvalue weighted by atomic mass is 10.3. The lowest BCUT2D eigenvalue weighted by molar-refractivity contribution is 0.414. The Morgan fingerprint density at radius 2 is 2.27 bits per heavy atom. The van der Waals surface area contributed by atoms with Gasteiger partial charge in [0.1, 0.15) is 0 Å². The zero-order chi connectivity index (χ0) is 10.8. The van der Waals surface area contributed by atoms with Gasteiger partial charge >= 0.3 is 0 Å². The zero-order valence-corrected chi connectivity index (χ0v) is 9.62. The largest absolute Gasteiger partial charge is 0.349 e. The van der Waals surface area contributed by atoms with Crippen molar-refractivity contribution in [3.63, 3.8) is 0 Å². The summed E-state index contributed by atoms with van der Waals surface area (Å²) in [4.78, 5) is 6.50. The van der Waals surface area contributed by atoms with Gasteiger partial charge in [-0.3, -0.25) is 0 Å². The summed E-state index contributed by atoms with van der Waals surface area (Å²) in [6.07, 6.45) is 1.11. The van der Waals surface area contributed by atoms with Gasteiger partial charge in [-0.15, -0.1) is 10.2 Å². The molecule has 0 saturated carbocycles. The quantitative estimate of drug-likeness (QED) is 0.816. The Bertz CT molecular complexity index is 356. The Balaban J connectivity index is 2.02. The van der Waals surface area contributed by atoms with Gasteiger partial charge in [-0.2, -0.15) is 0 Å². The molecule has 1 aromatic heterocycles. The van der Waals surface area contributed by atoms with Gasteiger partial charge in [-0.05, 0) is 26.9 Å². The number of likely N-dealkylation sites (N-methyl/N-ethyl adjacent to an activating group) is 1. The van der Waals surface area contributed by atoms with Gasteiger partial charge in [0.05, 0.1) is 5.69 Å². The molecule has 1 fully saturated rings. The lowest BCUT2D eigenvalue weighted by Crippen LogP contribution is -2.24. The highest BCUT2D eigenvalue weighted by Gasteiger charge is 2.20. The Morgan fingerprint density at radius 3 is 2.87 bits per heavy atom. The average molecular weight is 228 g/mol. The van der Waals surface area contributed by atoms with Crippen molar-refractivity contribution in [2.45, 2.75) is 19.4 Å². The van der Waals surface area contributed by atoms with Crippen LogP contribution in [-0.2, 0) is 0 Å². The smallest absolute Gasteiger partial charge is 0.243 e. The van der Waals surface area contributed by atoms with Crippen molar-refractivity contribution in [1.82, 2.24) is 20.1 Å². The maximum absolute atomic E-state index is 5.75. The van der Waals surface area contributed by atoms with Crippen molar-refractivity contribution in [3.05, 3.63) is 10.8 Å². The van der Waals surface area contributed by atoms with Crippen LogP contribution in [0.2, 0.25) is 5.15 Å². The van der Waals surface area contributed by atoms with Gasteiger partial charge in [0.15, 0.2) is 5.15 Å². The highest BCUT2D eigenvalue weighted by atomic mass is 35.5. The summed E-state index contributed by atoms with van der Waals surface area (Å²) < 4.78 is 0. The molecule has 0 aliphatic carbocycles. The number of halogens is 1. The number of aryl methyl sites for hydroxylation is 1. The molecule has 0 spiro atoms. The molecule has 15 heavy (non-hydrogen) atoms. The second-order valence-corrected chi connectivity index (χ2v) is 4.26. The molecule has 82 valence electrons. The molecule has 1 N–H and O–H groups in total. The number of likely N-dealkylation sites (tertiary alicyclic amines) is 1. The summed E-state index contributed by atoms with van der Waals surface area (Å²) in [6, 6.07) is 0.414. The fraction of sp³-hybridized carbons (Fsp3) is 0.667. The molecule has 2 rings (SSSR count). The molecular formula is C9H14ClN5. The van der Waals surface area contributed by atoms with E-state index >= 15 is 0 Å². The summed E-state index contributed by atoms with van der Waals surface area (Å²) in [5, 5.41) is 11.3. The highest BCUT2D eigenvalue weighted by molar-refractivity contribution is 6.29. The zero-order valence-electron chi connectivity index (χ0n) is 8.87. The second kappa shape index (κ2) is 4.28. The van der Waals surface area contributed by atoms with Crippen molar-refractivity contribution in [2.24, 2.45) is 0 Å². The van der Waals surface area contributed by atoms with Crippen molar-refractivity contribution in [1.29, 1.82) is 0 Å². The van der Waals surface area contributed by atoms with Gasteiger partial charge in [0.2, 0.25) is 5.95 Å². The van der Waals surface area contributed by atoms with Crippen molar-refractivity contribution < 1.29 is 0 Å². The number of hydrogen-bond donors (Lipinski definition) is 1. The monoisotopic (exact) mass is 227 g/mol. The molecule has 6 heteroatoms. The van der Waals surface area contributed by atoms with E-state index in [1.54, 1.807) is 0 Å². The Labute approximate surface area is 93.9 Å². The predicted molar refractivity (Wildman–Crippen MR) is 59.1 cm³/mol. The van der Waals surface area contributed by atoms with E-state index in [2.05, 4.69) is 32.4 Å². The third kappa shape index (κ3) is 2.54. The maximum Gasteiger partial charge on any atom is 0.243 e. The summed E-state index contributed by atoms with van der Waals surface area (Å²) in [5.41, 5.74) is 0.709. The van der Waals surface area contributed by atoms with Crippen LogP contribution in [0.5, 0.6) is 0 Å². The van der Waals surface area contributed by atoms with E-state index in [0.717, 1.165) is 19.5 Å². The second-order valence-electron chi connectivity index (χ2n) is 3.90. The number of aromatic nitrogens is 3. The van der Waals surface area contributed by atoms with Crippen molar-refractivity contribution in [2.75, 3.05) is 25.5 Å². The van der Waals surface area contributed by atoms with Gasteiger partial charge < -0.3 is 10.2 Å². The Kier molecular flexibility index (Phi) is 3.02. The first-order chi connectivity index (χ1) is 7.15. The van der Waals surface area contributed by atoms with E-state index in [4.69, 9.17) is 11.6 Å². The molecule has 5 nitrogen and oxygen atoms in total. The minimum atomic E-state index is 0.365. The molecule has 0 radical (unpaired) electrons. The van der Waals surface area contributed by atoms with Crippen LogP contribution in [0.3, 0.4) is 0 Å². The molecule has 1 aromatic rings. The van der Waals surface area contributed by atoms with Gasteiger partial charge in [0, 0.05) is 12.6 Å². The summed E-state index contributed by atoms with van der Waals surface area (Å²) >= 11 is 5.75. The molecule has 1 saturated heterocycles. The molecule has 1 atom stereocenters. The molecular weight excluding hydrogens is 214 g/mol. The summed E-state index contributed by atoms with van der Waals surface area (Å²) in [5.74, 6) is 0.567. The van der Waals surface area contributed by atoms with Crippen LogP contribution in [0.4, 0.5) is 5.95 Å². The maximum atomic E-state index is 5.75. The van der Waals surface area contributed by atoms with Crippen LogP contribution in [0.1, 0.15) is 12.1 Å². The van der Waals surface area contributed by atoms with E-state index in [9.17, 15) is 0 Å². The highest BCUT2D eigenvalue weighted by Crippen LogP contribution is 2.13. The Morgan fingerprint density at radius 1 is 1.47 bits per heavy atom. The number of nitrogens with one attached hydrogen (secondary N) is 1. The minimum Gasteiger partial charge on any atom is -0.349 e. The molecule has 2 heterocycles. The van der Waals surface area contributed by atoms with Crippen LogP contribution in [0.25, 0.3) is 0 Å². The topological polar surface area (TPSA) is 53.9 Å².